The van der Waals surface area contributed by atoms with E-state index in [1.807, 2.05) is 0 Å². The lowest BCUT2D eigenvalue weighted by Gasteiger charge is -2.12. The maximum atomic E-state index is 13.2. The number of nitrogens with zero attached hydrogens (tertiary/aromatic N) is 4. The number of rotatable bonds is 13. The number of hydrogen-bond acceptors (Lipinski definition) is 12. The number of thiocarbonyl (C=S) groups is 1. The summed E-state index contributed by atoms with van der Waals surface area (Å²) >= 11 is 6.53. The predicted molar refractivity (Wildman–Crippen MR) is 183 cm³/mol. The van der Waals surface area contributed by atoms with Crippen molar-refractivity contribution in [2.24, 2.45) is 5.10 Å². The van der Waals surface area contributed by atoms with Gasteiger partial charge in [0, 0.05) is 24.3 Å². The molecular formula is C33H26N4O9S2. The molecule has 0 N–H and O–H groups in total. The summed E-state index contributed by atoms with van der Waals surface area (Å²) in [5, 5.41) is 27.2. The van der Waals surface area contributed by atoms with Gasteiger partial charge in [-0.25, -0.2) is 0 Å². The Labute approximate surface area is 283 Å². The molecule has 13 nitrogen and oxygen atoms in total. The number of methoxy groups -OCH3 is 2. The van der Waals surface area contributed by atoms with Crippen molar-refractivity contribution in [2.45, 2.75) is 13.2 Å². The minimum atomic E-state index is -0.464. The average molecular weight is 687 g/mol. The van der Waals surface area contributed by atoms with Crippen LogP contribution in [0, 0.1) is 20.2 Å². The van der Waals surface area contributed by atoms with Gasteiger partial charge in [-0.05, 0) is 95.1 Å². The van der Waals surface area contributed by atoms with Crippen LogP contribution in [-0.4, -0.2) is 45.5 Å². The summed E-state index contributed by atoms with van der Waals surface area (Å²) in [4.78, 5) is 34.4. The zero-order chi connectivity index (χ0) is 34.2. The first-order chi connectivity index (χ1) is 23.1. The minimum absolute atomic E-state index is 0.00330. The van der Waals surface area contributed by atoms with Crippen LogP contribution in [0.3, 0.4) is 0 Å². The number of ether oxygens (including phenoxy) is 4. The molecule has 0 spiro atoms. The third-order valence-electron chi connectivity index (χ3n) is 6.85. The van der Waals surface area contributed by atoms with E-state index in [2.05, 4.69) is 5.10 Å². The van der Waals surface area contributed by atoms with Gasteiger partial charge in [0.05, 0.1) is 35.2 Å². The lowest BCUT2D eigenvalue weighted by Crippen LogP contribution is -2.22. The SMILES string of the molecule is COc1cc(/C=N\N2C(=O)/C(=C\c3ccc(OCc4ccc([N+](=O)[O-])cc4)c(OC)c3)SC2=S)ccc1OCc1ccc([N+](=O)[O-])cc1. The maximum absolute atomic E-state index is 13.2. The van der Waals surface area contributed by atoms with E-state index in [1.54, 1.807) is 66.7 Å². The van der Waals surface area contributed by atoms with E-state index in [1.165, 1.54) is 44.7 Å². The van der Waals surface area contributed by atoms with Gasteiger partial charge in [0.25, 0.3) is 17.3 Å². The molecule has 0 aliphatic carbocycles. The van der Waals surface area contributed by atoms with E-state index < -0.39 is 15.8 Å². The normalized spacial score (nSPS) is 13.6. The van der Waals surface area contributed by atoms with Crippen molar-refractivity contribution in [2.75, 3.05) is 14.2 Å². The molecule has 244 valence electrons. The highest BCUT2D eigenvalue weighted by Gasteiger charge is 2.32. The van der Waals surface area contributed by atoms with E-state index in [0.717, 1.165) is 27.9 Å². The second kappa shape index (κ2) is 15.2. The molecule has 1 amide bonds. The molecule has 1 heterocycles. The van der Waals surface area contributed by atoms with Crippen LogP contribution < -0.4 is 18.9 Å². The van der Waals surface area contributed by atoms with Crippen LogP contribution in [0.15, 0.2) is 94.9 Å². The average Bonchev–Trinajstić information content (AvgIpc) is 3.36. The summed E-state index contributed by atoms with van der Waals surface area (Å²) in [6.45, 7) is 0.350. The molecule has 0 radical (unpaired) electrons. The van der Waals surface area contributed by atoms with Gasteiger partial charge < -0.3 is 18.9 Å². The monoisotopic (exact) mass is 686 g/mol. The van der Waals surface area contributed by atoms with E-state index in [9.17, 15) is 25.0 Å². The van der Waals surface area contributed by atoms with Gasteiger partial charge >= 0.3 is 0 Å². The molecule has 1 fully saturated rings. The molecular weight excluding hydrogens is 661 g/mol. The van der Waals surface area contributed by atoms with E-state index in [0.29, 0.717) is 39.0 Å². The molecule has 0 unspecified atom stereocenters. The summed E-state index contributed by atoms with van der Waals surface area (Å²) in [5.74, 6) is 1.39. The van der Waals surface area contributed by atoms with Crippen molar-refractivity contribution in [1.82, 2.24) is 5.01 Å². The number of benzene rings is 4. The number of carbonyl (C=O) groups excluding carboxylic acids is 1. The third-order valence-corrected chi connectivity index (χ3v) is 8.13. The fourth-order valence-electron chi connectivity index (χ4n) is 4.36. The van der Waals surface area contributed by atoms with Crippen molar-refractivity contribution < 1.29 is 33.6 Å². The Morgan fingerprint density at radius 1 is 0.750 bits per heavy atom. The summed E-state index contributed by atoms with van der Waals surface area (Å²) in [6.07, 6.45) is 3.16. The van der Waals surface area contributed by atoms with Gasteiger partial charge in [-0.3, -0.25) is 25.0 Å². The molecule has 4 aromatic carbocycles. The number of carbonyl (C=O) groups is 1. The molecule has 1 aliphatic heterocycles. The summed E-state index contributed by atoms with van der Waals surface area (Å²) in [5.41, 5.74) is 2.79. The maximum Gasteiger partial charge on any atom is 0.286 e. The van der Waals surface area contributed by atoms with Gasteiger partial charge in [-0.2, -0.15) is 10.1 Å². The van der Waals surface area contributed by atoms with Crippen LogP contribution in [0.4, 0.5) is 11.4 Å². The van der Waals surface area contributed by atoms with E-state index in [4.69, 9.17) is 31.2 Å². The van der Waals surface area contributed by atoms with Gasteiger partial charge in [0.15, 0.2) is 27.3 Å². The molecule has 1 saturated heterocycles. The standard InChI is InChI=1S/C33H26N4O9S2/c1-43-29-15-23(7-13-27(29)45-19-21-3-9-25(10-4-21)36(39)40)17-31-32(38)35(33(47)48-31)34-18-24-8-14-28(30(16-24)44-2)46-20-22-5-11-26(12-6-22)37(41)42/h3-18H,19-20H2,1-2H3/b31-17+,34-18-. The molecule has 1 aliphatic rings. The highest BCUT2D eigenvalue weighted by atomic mass is 32.2. The Kier molecular flexibility index (Phi) is 10.6. The molecule has 0 atom stereocenters. The number of amides is 1. The third kappa shape index (κ3) is 8.12. The molecule has 4 aromatic rings. The fourth-order valence-corrected chi connectivity index (χ4v) is 5.53. The molecule has 0 saturated carbocycles. The van der Waals surface area contributed by atoms with E-state index >= 15 is 0 Å². The number of nitro benzene ring substituents is 2. The van der Waals surface area contributed by atoms with Gasteiger partial charge in [0.2, 0.25) is 0 Å². The lowest BCUT2D eigenvalue weighted by atomic mass is 10.1. The van der Waals surface area contributed by atoms with E-state index in [-0.39, 0.29) is 28.9 Å². The number of nitro groups is 2. The van der Waals surface area contributed by atoms with Gasteiger partial charge in [-0.15, -0.1) is 0 Å². The van der Waals surface area contributed by atoms with Crippen molar-refractivity contribution in [3.05, 3.63) is 132 Å². The van der Waals surface area contributed by atoms with Crippen LogP contribution in [0.1, 0.15) is 22.3 Å². The largest absolute Gasteiger partial charge is 0.493 e. The van der Waals surface area contributed by atoms with Crippen LogP contribution in [-0.2, 0) is 18.0 Å². The molecule has 0 aromatic heterocycles. The fraction of sp³-hybridized carbons (Fsp3) is 0.121. The second-order valence-electron chi connectivity index (χ2n) is 9.98. The highest BCUT2D eigenvalue weighted by Crippen LogP contribution is 2.35. The molecule has 48 heavy (non-hydrogen) atoms. The van der Waals surface area contributed by atoms with Crippen molar-refractivity contribution in [3.8, 4) is 23.0 Å². The Morgan fingerprint density at radius 2 is 1.23 bits per heavy atom. The Bertz CT molecular complexity index is 1930. The zero-order valence-corrected chi connectivity index (χ0v) is 27.1. The van der Waals surface area contributed by atoms with Crippen molar-refractivity contribution in [3.63, 3.8) is 0 Å². The first kappa shape index (κ1) is 33.6. The van der Waals surface area contributed by atoms with Crippen LogP contribution in [0.25, 0.3) is 6.08 Å². The van der Waals surface area contributed by atoms with Gasteiger partial charge in [-0.1, -0.05) is 17.8 Å². The molecule has 15 heteroatoms. The number of non-ortho nitro benzene ring substituents is 2. The minimum Gasteiger partial charge on any atom is -0.493 e. The Balaban J connectivity index is 1.22. The second-order valence-corrected chi connectivity index (χ2v) is 11.7. The van der Waals surface area contributed by atoms with Crippen molar-refractivity contribution in [1.29, 1.82) is 0 Å². The number of thioether (sulfide) groups is 1. The number of hydrazone groups is 1. The van der Waals surface area contributed by atoms with Gasteiger partial charge in [0.1, 0.15) is 13.2 Å². The Hall–Kier alpha value is -5.80. The smallest absolute Gasteiger partial charge is 0.286 e. The highest BCUT2D eigenvalue weighted by molar-refractivity contribution is 8.26. The van der Waals surface area contributed by atoms with Crippen LogP contribution in [0.5, 0.6) is 23.0 Å². The molecule has 5 rings (SSSR count). The first-order valence-electron chi connectivity index (χ1n) is 14.1. The molecule has 0 bridgehead atoms. The Morgan fingerprint density at radius 3 is 1.71 bits per heavy atom. The quantitative estimate of drug-likeness (QED) is 0.0473. The topological polar surface area (TPSA) is 156 Å². The lowest BCUT2D eigenvalue weighted by molar-refractivity contribution is -0.385. The summed E-state index contributed by atoms with van der Waals surface area (Å²) < 4.78 is 22.9. The first-order valence-corrected chi connectivity index (χ1v) is 15.3. The zero-order valence-electron chi connectivity index (χ0n) is 25.4. The summed E-state index contributed by atoms with van der Waals surface area (Å²) in [6, 6.07) is 22.5. The van der Waals surface area contributed by atoms with Crippen molar-refractivity contribution >= 4 is 57.9 Å². The van der Waals surface area contributed by atoms with Crippen LogP contribution in [0.2, 0.25) is 0 Å². The predicted octanol–water partition coefficient (Wildman–Crippen LogP) is 6.91. The van der Waals surface area contributed by atoms with Crippen LogP contribution >= 0.6 is 24.0 Å². The number of hydrogen-bond donors (Lipinski definition) is 0. The summed E-state index contributed by atoms with van der Waals surface area (Å²) in [7, 11) is 2.99.